The normalized spacial score (nSPS) is 31.1. The fourth-order valence-corrected chi connectivity index (χ4v) is 3.56. The predicted molar refractivity (Wildman–Crippen MR) is 77.7 cm³/mol. The van der Waals surface area contributed by atoms with Crippen LogP contribution in [0.1, 0.15) is 33.6 Å². The third kappa shape index (κ3) is 3.87. The van der Waals surface area contributed by atoms with Gasteiger partial charge in [-0.3, -0.25) is 4.90 Å². The maximum absolute atomic E-state index is 3.78. The van der Waals surface area contributed by atoms with Crippen molar-refractivity contribution in [2.45, 2.75) is 45.7 Å². The average molecular weight is 256 g/mol. The van der Waals surface area contributed by atoms with Gasteiger partial charge in [0.05, 0.1) is 0 Å². The van der Waals surface area contributed by atoms with Crippen LogP contribution in [-0.2, 0) is 0 Å². The van der Waals surface area contributed by atoms with Crippen molar-refractivity contribution >= 4 is 11.8 Å². The van der Waals surface area contributed by atoms with E-state index in [0.717, 1.165) is 23.9 Å². The summed E-state index contributed by atoms with van der Waals surface area (Å²) in [5.74, 6) is 4.32. The molecule has 0 amide bonds. The molecule has 0 radical (unpaired) electrons. The van der Waals surface area contributed by atoms with Crippen molar-refractivity contribution in [2.24, 2.45) is 11.8 Å². The maximum atomic E-state index is 3.78. The summed E-state index contributed by atoms with van der Waals surface area (Å²) < 4.78 is 0. The van der Waals surface area contributed by atoms with E-state index in [9.17, 15) is 0 Å². The summed E-state index contributed by atoms with van der Waals surface area (Å²) >= 11 is 2.08. The second-order valence-corrected chi connectivity index (χ2v) is 7.25. The lowest BCUT2D eigenvalue weighted by atomic mass is 9.97. The highest BCUT2D eigenvalue weighted by atomic mass is 32.2. The van der Waals surface area contributed by atoms with Gasteiger partial charge in [-0.05, 0) is 30.4 Å². The van der Waals surface area contributed by atoms with Crippen molar-refractivity contribution in [3.8, 4) is 0 Å². The molecule has 0 aromatic rings. The highest BCUT2D eigenvalue weighted by molar-refractivity contribution is 7.99. The Hall–Kier alpha value is 0.270. The van der Waals surface area contributed by atoms with Crippen LogP contribution in [0.4, 0.5) is 0 Å². The number of rotatable bonds is 6. The van der Waals surface area contributed by atoms with Crippen LogP contribution in [0.25, 0.3) is 0 Å². The van der Waals surface area contributed by atoms with E-state index in [4.69, 9.17) is 0 Å². The summed E-state index contributed by atoms with van der Waals surface area (Å²) in [5, 5.41) is 3.78. The van der Waals surface area contributed by atoms with Gasteiger partial charge in [-0.25, -0.2) is 0 Å². The summed E-state index contributed by atoms with van der Waals surface area (Å²) in [6.45, 7) is 10.8. The molecule has 2 aliphatic rings. The first-order valence-corrected chi connectivity index (χ1v) is 8.43. The first kappa shape index (κ1) is 13.7. The molecule has 2 fully saturated rings. The van der Waals surface area contributed by atoms with Gasteiger partial charge in [-0.15, -0.1) is 0 Å². The quantitative estimate of drug-likeness (QED) is 0.735. The molecule has 2 nitrogen and oxygen atoms in total. The minimum Gasteiger partial charge on any atom is -0.311 e. The van der Waals surface area contributed by atoms with E-state index < -0.39 is 0 Å². The molecule has 1 aliphatic carbocycles. The zero-order valence-electron chi connectivity index (χ0n) is 11.6. The van der Waals surface area contributed by atoms with Gasteiger partial charge in [0.2, 0.25) is 0 Å². The van der Waals surface area contributed by atoms with Crippen molar-refractivity contribution < 1.29 is 0 Å². The zero-order chi connectivity index (χ0) is 12.3. The van der Waals surface area contributed by atoms with E-state index in [0.29, 0.717) is 0 Å². The second-order valence-electron chi connectivity index (χ2n) is 5.86. The first-order valence-electron chi connectivity index (χ1n) is 7.27. The van der Waals surface area contributed by atoms with E-state index in [1.807, 2.05) is 0 Å². The van der Waals surface area contributed by atoms with Crippen LogP contribution in [0.5, 0.6) is 0 Å². The SMILES string of the molecule is CCSCCN1CC(C2CC2)NCC1C(C)C. The smallest absolute Gasteiger partial charge is 0.0244 e. The van der Waals surface area contributed by atoms with Gasteiger partial charge in [0.1, 0.15) is 0 Å². The number of piperazine rings is 1. The molecule has 0 bridgehead atoms. The van der Waals surface area contributed by atoms with E-state index in [-0.39, 0.29) is 0 Å². The first-order chi connectivity index (χ1) is 8.22. The highest BCUT2D eigenvalue weighted by Crippen LogP contribution is 2.34. The Morgan fingerprint density at radius 3 is 2.71 bits per heavy atom. The van der Waals surface area contributed by atoms with Gasteiger partial charge in [0, 0.05) is 37.5 Å². The Kier molecular flexibility index (Phi) is 5.19. The molecule has 17 heavy (non-hydrogen) atoms. The van der Waals surface area contributed by atoms with Crippen LogP contribution in [-0.4, -0.2) is 48.1 Å². The molecule has 1 aliphatic heterocycles. The van der Waals surface area contributed by atoms with Crippen molar-refractivity contribution in [3.05, 3.63) is 0 Å². The molecule has 0 aromatic carbocycles. The fraction of sp³-hybridized carbons (Fsp3) is 1.00. The third-order valence-electron chi connectivity index (χ3n) is 4.18. The summed E-state index contributed by atoms with van der Waals surface area (Å²) in [5.41, 5.74) is 0. The highest BCUT2D eigenvalue weighted by Gasteiger charge is 2.37. The molecule has 2 rings (SSSR count). The van der Waals surface area contributed by atoms with E-state index in [1.54, 1.807) is 0 Å². The predicted octanol–water partition coefficient (Wildman–Crippen LogP) is 2.45. The Morgan fingerprint density at radius 1 is 1.35 bits per heavy atom. The summed E-state index contributed by atoms with van der Waals surface area (Å²) in [6, 6.07) is 1.54. The topological polar surface area (TPSA) is 15.3 Å². The molecular weight excluding hydrogens is 228 g/mol. The molecule has 0 aromatic heterocycles. The molecule has 100 valence electrons. The Labute approximate surface area is 111 Å². The lowest BCUT2D eigenvalue weighted by Gasteiger charge is -2.42. The molecular formula is C14H28N2S. The van der Waals surface area contributed by atoms with Crippen molar-refractivity contribution in [1.82, 2.24) is 10.2 Å². The van der Waals surface area contributed by atoms with Crippen LogP contribution in [0.15, 0.2) is 0 Å². The zero-order valence-corrected chi connectivity index (χ0v) is 12.4. The van der Waals surface area contributed by atoms with Crippen LogP contribution in [0, 0.1) is 11.8 Å². The van der Waals surface area contributed by atoms with Crippen LogP contribution in [0.3, 0.4) is 0 Å². The van der Waals surface area contributed by atoms with Crippen LogP contribution >= 0.6 is 11.8 Å². The summed E-state index contributed by atoms with van der Waals surface area (Å²) in [7, 11) is 0. The van der Waals surface area contributed by atoms with E-state index in [2.05, 4.69) is 42.7 Å². The number of nitrogens with zero attached hydrogens (tertiary/aromatic N) is 1. The minimum atomic E-state index is 0.752. The second kappa shape index (κ2) is 6.44. The van der Waals surface area contributed by atoms with Crippen LogP contribution in [0.2, 0.25) is 0 Å². The number of hydrogen-bond acceptors (Lipinski definition) is 3. The Morgan fingerprint density at radius 2 is 2.12 bits per heavy atom. The van der Waals surface area contributed by atoms with E-state index in [1.165, 1.54) is 44.0 Å². The third-order valence-corrected chi connectivity index (χ3v) is 5.06. The van der Waals surface area contributed by atoms with E-state index >= 15 is 0 Å². The lowest BCUT2D eigenvalue weighted by Crippen LogP contribution is -2.59. The van der Waals surface area contributed by atoms with Gasteiger partial charge in [0.15, 0.2) is 0 Å². The van der Waals surface area contributed by atoms with Crippen LogP contribution < -0.4 is 5.32 Å². The van der Waals surface area contributed by atoms with Gasteiger partial charge in [-0.1, -0.05) is 20.8 Å². The molecule has 1 N–H and O–H groups in total. The van der Waals surface area contributed by atoms with Gasteiger partial charge < -0.3 is 5.32 Å². The Bertz CT molecular complexity index is 228. The maximum Gasteiger partial charge on any atom is 0.0244 e. The molecule has 1 saturated heterocycles. The summed E-state index contributed by atoms with van der Waals surface area (Å²) in [6.07, 6.45) is 2.92. The van der Waals surface area contributed by atoms with Gasteiger partial charge in [0.25, 0.3) is 0 Å². The molecule has 1 heterocycles. The van der Waals surface area contributed by atoms with Gasteiger partial charge in [-0.2, -0.15) is 11.8 Å². The van der Waals surface area contributed by atoms with Crippen molar-refractivity contribution in [3.63, 3.8) is 0 Å². The number of thioether (sulfide) groups is 1. The molecule has 3 heteroatoms. The van der Waals surface area contributed by atoms with Gasteiger partial charge >= 0.3 is 0 Å². The standard InChI is InChI=1S/C14H28N2S/c1-4-17-8-7-16-10-13(12-5-6-12)15-9-14(16)11(2)3/h11-15H,4-10H2,1-3H3. The molecule has 2 unspecified atom stereocenters. The average Bonchev–Trinajstić information content (AvgIpc) is 3.13. The molecule has 1 saturated carbocycles. The fourth-order valence-electron chi connectivity index (χ4n) is 2.91. The monoisotopic (exact) mass is 256 g/mol. The molecule has 0 spiro atoms. The summed E-state index contributed by atoms with van der Waals surface area (Å²) in [4.78, 5) is 2.76. The van der Waals surface area contributed by atoms with Crippen molar-refractivity contribution in [2.75, 3.05) is 31.1 Å². The minimum absolute atomic E-state index is 0.752. The lowest BCUT2D eigenvalue weighted by molar-refractivity contribution is 0.0993. The Balaban J connectivity index is 1.84. The molecule has 2 atom stereocenters. The number of nitrogens with one attached hydrogen (secondary N) is 1. The van der Waals surface area contributed by atoms with Crippen molar-refractivity contribution in [1.29, 1.82) is 0 Å². The largest absolute Gasteiger partial charge is 0.311 e. The number of hydrogen-bond donors (Lipinski definition) is 1.